The average molecular weight is 336 g/mol. The Morgan fingerprint density at radius 3 is 2.75 bits per heavy atom. The Bertz CT molecular complexity index is 875. The summed E-state index contributed by atoms with van der Waals surface area (Å²) < 4.78 is 2.19. The minimum Gasteiger partial charge on any atom is -0.308 e. The van der Waals surface area contributed by atoms with Crippen LogP contribution in [0.15, 0.2) is 66.2 Å². The van der Waals surface area contributed by atoms with Gasteiger partial charge in [0.2, 0.25) is 10.7 Å². The fraction of sp³-hybridized carbons (Fsp3) is 0.158. The molecule has 0 radical (unpaired) electrons. The number of urea groups is 1. The van der Waals surface area contributed by atoms with E-state index in [9.17, 15) is 4.79 Å². The van der Waals surface area contributed by atoms with Gasteiger partial charge in [-0.2, -0.15) is 4.57 Å². The van der Waals surface area contributed by atoms with Crippen LogP contribution in [0, 0.1) is 0 Å². The minimum absolute atomic E-state index is 0.0715. The molecule has 5 heteroatoms. The van der Waals surface area contributed by atoms with E-state index in [4.69, 9.17) is 0 Å². The van der Waals surface area contributed by atoms with Crippen molar-refractivity contribution in [2.75, 3.05) is 10.2 Å². The number of para-hydroxylation sites is 3. The van der Waals surface area contributed by atoms with E-state index in [2.05, 4.69) is 34.5 Å². The minimum atomic E-state index is -0.100. The molecule has 1 aliphatic rings. The lowest BCUT2D eigenvalue weighted by molar-refractivity contribution is -0.597. The molecule has 1 aromatic heterocycles. The second kappa shape index (κ2) is 6.09. The molecule has 0 bridgehead atoms. The first-order chi connectivity index (χ1) is 11.7. The van der Waals surface area contributed by atoms with Crippen molar-refractivity contribution in [1.82, 2.24) is 0 Å². The molecule has 4 nitrogen and oxygen atoms in total. The van der Waals surface area contributed by atoms with Crippen LogP contribution < -0.4 is 14.8 Å². The van der Waals surface area contributed by atoms with Gasteiger partial charge in [0, 0.05) is 17.8 Å². The first kappa shape index (κ1) is 14.9. The van der Waals surface area contributed by atoms with Gasteiger partial charge < -0.3 is 5.32 Å². The molecular formula is C19H18N3OS+. The third-order valence-electron chi connectivity index (χ3n) is 4.24. The Kier molecular flexibility index (Phi) is 3.78. The van der Waals surface area contributed by atoms with Crippen molar-refractivity contribution < 1.29 is 9.36 Å². The van der Waals surface area contributed by atoms with Gasteiger partial charge in [0.15, 0.2) is 6.20 Å². The van der Waals surface area contributed by atoms with Gasteiger partial charge in [-0.15, -0.1) is 0 Å². The first-order valence-electron chi connectivity index (χ1n) is 7.97. The van der Waals surface area contributed by atoms with Crippen LogP contribution in [0.3, 0.4) is 0 Å². The highest BCUT2D eigenvalue weighted by molar-refractivity contribution is 7.09. The number of carbonyl (C=O) groups excluding carboxylic acids is 1. The van der Waals surface area contributed by atoms with Gasteiger partial charge in [-0.1, -0.05) is 41.7 Å². The molecule has 120 valence electrons. The number of thiazole rings is 1. The maximum Gasteiger partial charge on any atom is 0.326 e. The summed E-state index contributed by atoms with van der Waals surface area (Å²) in [5.41, 5.74) is 2.78. The lowest BCUT2D eigenvalue weighted by atomic mass is 10.2. The molecule has 2 amide bonds. The first-order valence-corrected chi connectivity index (χ1v) is 8.84. The molecule has 0 aliphatic carbocycles. The van der Waals surface area contributed by atoms with E-state index in [-0.39, 0.29) is 12.1 Å². The summed E-state index contributed by atoms with van der Waals surface area (Å²) in [6.07, 6.45) is 2.90. The van der Waals surface area contributed by atoms with Crippen molar-refractivity contribution >= 4 is 28.7 Å². The van der Waals surface area contributed by atoms with Crippen LogP contribution in [-0.4, -0.2) is 12.1 Å². The smallest absolute Gasteiger partial charge is 0.308 e. The quantitative estimate of drug-likeness (QED) is 0.670. The van der Waals surface area contributed by atoms with E-state index >= 15 is 0 Å². The standard InChI is InChI=1S/C19H17N3OS/c1-14-13-18-21(11-12-24-18)16-9-5-6-10-17(16)22(14)19(23)20-15-7-3-2-4-8-15/h2-12,14H,13H2,1H3/p+1/t14-/m0/s1. The fourth-order valence-corrected chi connectivity index (χ4v) is 4.09. The second-order valence-electron chi connectivity index (χ2n) is 5.87. The lowest BCUT2D eigenvalue weighted by Crippen LogP contribution is -2.42. The summed E-state index contributed by atoms with van der Waals surface area (Å²) >= 11 is 1.73. The molecule has 0 fully saturated rings. The van der Waals surface area contributed by atoms with E-state index in [0.717, 1.165) is 23.5 Å². The average Bonchev–Trinajstić information content (AvgIpc) is 3.00. The van der Waals surface area contributed by atoms with E-state index in [0.29, 0.717) is 0 Å². The number of carbonyl (C=O) groups is 1. The number of hydrogen-bond donors (Lipinski definition) is 1. The topological polar surface area (TPSA) is 36.2 Å². The predicted octanol–water partition coefficient (Wildman–Crippen LogP) is 4.01. The van der Waals surface area contributed by atoms with Crippen LogP contribution in [0.4, 0.5) is 16.2 Å². The molecule has 0 saturated carbocycles. The number of benzene rings is 2. The summed E-state index contributed by atoms with van der Waals surface area (Å²) in [4.78, 5) is 14.8. The molecule has 0 unspecified atom stereocenters. The van der Waals surface area contributed by atoms with Gasteiger partial charge in [0.1, 0.15) is 5.69 Å². The van der Waals surface area contributed by atoms with Crippen molar-refractivity contribution in [3.8, 4) is 5.69 Å². The van der Waals surface area contributed by atoms with Crippen molar-refractivity contribution in [3.63, 3.8) is 0 Å². The normalized spacial score (nSPS) is 16.0. The molecule has 24 heavy (non-hydrogen) atoms. The van der Waals surface area contributed by atoms with Crippen LogP contribution in [0.25, 0.3) is 5.69 Å². The summed E-state index contributed by atoms with van der Waals surface area (Å²) in [6, 6.07) is 17.6. The summed E-state index contributed by atoms with van der Waals surface area (Å²) in [5.74, 6) is 0. The zero-order chi connectivity index (χ0) is 16.5. The number of nitrogens with zero attached hydrogens (tertiary/aromatic N) is 2. The van der Waals surface area contributed by atoms with Gasteiger partial charge in [-0.3, -0.25) is 4.90 Å². The number of anilines is 2. The monoisotopic (exact) mass is 336 g/mol. The number of amides is 2. The van der Waals surface area contributed by atoms with Gasteiger partial charge in [-0.25, -0.2) is 4.79 Å². The summed E-state index contributed by atoms with van der Waals surface area (Å²) in [7, 11) is 0. The Morgan fingerprint density at radius 2 is 1.92 bits per heavy atom. The number of nitrogens with one attached hydrogen (secondary N) is 1. The number of fused-ring (bicyclic) bond motifs is 3. The van der Waals surface area contributed by atoms with E-state index in [1.807, 2.05) is 53.4 Å². The van der Waals surface area contributed by atoms with Gasteiger partial charge in [0.05, 0.1) is 11.8 Å². The molecule has 2 heterocycles. The highest BCUT2D eigenvalue weighted by Gasteiger charge is 2.34. The zero-order valence-corrected chi connectivity index (χ0v) is 14.2. The molecule has 1 N–H and O–H groups in total. The molecule has 1 aliphatic heterocycles. The maximum absolute atomic E-state index is 13.0. The number of rotatable bonds is 1. The van der Waals surface area contributed by atoms with Crippen LogP contribution in [0.2, 0.25) is 0 Å². The van der Waals surface area contributed by atoms with Crippen molar-refractivity contribution in [3.05, 3.63) is 71.2 Å². The molecule has 0 spiro atoms. The zero-order valence-electron chi connectivity index (χ0n) is 13.3. The third kappa shape index (κ3) is 2.57. The van der Waals surface area contributed by atoms with Gasteiger partial charge in [-0.05, 0) is 25.1 Å². The molecule has 2 aromatic carbocycles. The Balaban J connectivity index is 1.75. The Morgan fingerprint density at radius 1 is 1.17 bits per heavy atom. The lowest BCUT2D eigenvalue weighted by Gasteiger charge is -2.26. The Labute approximate surface area is 145 Å². The summed E-state index contributed by atoms with van der Waals surface area (Å²) in [6.45, 7) is 2.09. The van der Waals surface area contributed by atoms with Crippen molar-refractivity contribution in [1.29, 1.82) is 0 Å². The van der Waals surface area contributed by atoms with Gasteiger partial charge >= 0.3 is 6.03 Å². The maximum atomic E-state index is 13.0. The highest BCUT2D eigenvalue weighted by Crippen LogP contribution is 2.29. The molecule has 3 aromatic rings. The van der Waals surface area contributed by atoms with Crippen LogP contribution in [-0.2, 0) is 6.42 Å². The predicted molar refractivity (Wildman–Crippen MR) is 97.0 cm³/mol. The largest absolute Gasteiger partial charge is 0.326 e. The van der Waals surface area contributed by atoms with Crippen LogP contribution in [0.5, 0.6) is 0 Å². The molecular weight excluding hydrogens is 318 g/mol. The van der Waals surface area contributed by atoms with Crippen molar-refractivity contribution in [2.24, 2.45) is 0 Å². The SMILES string of the molecule is C[C@H]1Cc2scc[n+]2-c2ccccc2N1C(=O)Nc1ccccc1. The highest BCUT2D eigenvalue weighted by atomic mass is 32.1. The van der Waals surface area contributed by atoms with Crippen LogP contribution >= 0.6 is 11.3 Å². The van der Waals surface area contributed by atoms with Gasteiger partial charge in [0.25, 0.3) is 0 Å². The molecule has 0 saturated heterocycles. The van der Waals surface area contributed by atoms with Crippen molar-refractivity contribution in [2.45, 2.75) is 19.4 Å². The second-order valence-corrected chi connectivity index (χ2v) is 6.85. The number of hydrogen-bond acceptors (Lipinski definition) is 2. The van der Waals surface area contributed by atoms with E-state index in [1.165, 1.54) is 5.01 Å². The van der Waals surface area contributed by atoms with Crippen LogP contribution in [0.1, 0.15) is 11.9 Å². The van der Waals surface area contributed by atoms with E-state index < -0.39 is 0 Å². The third-order valence-corrected chi connectivity index (χ3v) is 5.13. The Hall–Kier alpha value is -2.66. The fourth-order valence-electron chi connectivity index (χ4n) is 3.14. The number of aromatic nitrogens is 1. The molecule has 1 atom stereocenters. The van der Waals surface area contributed by atoms with E-state index in [1.54, 1.807) is 11.3 Å². The summed E-state index contributed by atoms with van der Waals surface area (Å²) in [5, 5.41) is 6.36. The molecule has 4 rings (SSSR count).